The summed E-state index contributed by atoms with van der Waals surface area (Å²) in [6, 6.07) is 4.88. The predicted molar refractivity (Wildman–Crippen MR) is 79.8 cm³/mol. The van der Waals surface area contributed by atoms with Crippen molar-refractivity contribution in [2.24, 2.45) is 5.92 Å². The van der Waals surface area contributed by atoms with E-state index in [2.05, 4.69) is 4.72 Å². The highest BCUT2D eigenvalue weighted by Gasteiger charge is 2.17. The maximum atomic E-state index is 11.8. The third kappa shape index (κ3) is 3.64. The Morgan fingerprint density at radius 1 is 1.37 bits per heavy atom. The molecular weight excluding hydrogens is 280 g/mol. The van der Waals surface area contributed by atoms with Gasteiger partial charge in [0.2, 0.25) is 10.0 Å². The molecule has 4 nitrogen and oxygen atoms in total. The van der Waals surface area contributed by atoms with Crippen molar-refractivity contribution < 1.29 is 8.42 Å². The van der Waals surface area contributed by atoms with E-state index in [1.807, 2.05) is 0 Å². The van der Waals surface area contributed by atoms with Gasteiger partial charge in [-0.1, -0.05) is 12.8 Å². The van der Waals surface area contributed by atoms with Crippen molar-refractivity contribution in [2.45, 2.75) is 35.5 Å². The molecule has 1 fully saturated rings. The molecule has 0 aliphatic heterocycles. The van der Waals surface area contributed by atoms with E-state index in [-0.39, 0.29) is 4.90 Å². The van der Waals surface area contributed by atoms with E-state index in [0.29, 0.717) is 5.69 Å². The van der Waals surface area contributed by atoms with Crippen molar-refractivity contribution in [1.29, 1.82) is 0 Å². The molecule has 1 aliphatic carbocycles. The van der Waals surface area contributed by atoms with Gasteiger partial charge in [-0.2, -0.15) is 0 Å². The largest absolute Gasteiger partial charge is 0.398 e. The van der Waals surface area contributed by atoms with E-state index in [1.54, 1.807) is 30.0 Å². The lowest BCUT2D eigenvalue weighted by Crippen LogP contribution is -2.18. The first-order chi connectivity index (χ1) is 9.03. The SMILES string of the molecule is CNS(=O)(=O)c1ccc(N)c(SCC2CCCC2)c1. The van der Waals surface area contributed by atoms with Crippen LogP contribution in [-0.2, 0) is 10.0 Å². The first kappa shape index (κ1) is 14.7. The van der Waals surface area contributed by atoms with Crippen LogP contribution in [0.25, 0.3) is 0 Å². The van der Waals surface area contributed by atoms with E-state index < -0.39 is 10.0 Å². The zero-order valence-electron chi connectivity index (χ0n) is 11.1. The van der Waals surface area contributed by atoms with Gasteiger partial charge in [0, 0.05) is 16.3 Å². The number of nitrogens with one attached hydrogen (secondary N) is 1. The number of nitrogen functional groups attached to an aromatic ring is 1. The molecule has 1 aromatic rings. The van der Waals surface area contributed by atoms with Crippen LogP contribution in [0.15, 0.2) is 28.0 Å². The molecule has 0 amide bonds. The molecule has 1 saturated carbocycles. The van der Waals surface area contributed by atoms with Gasteiger partial charge in [-0.05, 0) is 44.0 Å². The lowest BCUT2D eigenvalue weighted by atomic mass is 10.1. The maximum Gasteiger partial charge on any atom is 0.240 e. The molecule has 0 aromatic heterocycles. The lowest BCUT2D eigenvalue weighted by Gasteiger charge is -2.11. The summed E-state index contributed by atoms with van der Waals surface area (Å²) in [6.45, 7) is 0. The van der Waals surface area contributed by atoms with Crippen LogP contribution in [0.5, 0.6) is 0 Å². The first-order valence-electron chi connectivity index (χ1n) is 6.49. The molecule has 2 rings (SSSR count). The number of sulfonamides is 1. The molecule has 0 spiro atoms. The van der Waals surface area contributed by atoms with Crippen LogP contribution in [0, 0.1) is 5.92 Å². The zero-order valence-corrected chi connectivity index (χ0v) is 12.7. The highest BCUT2D eigenvalue weighted by atomic mass is 32.2. The first-order valence-corrected chi connectivity index (χ1v) is 8.95. The van der Waals surface area contributed by atoms with Crippen LogP contribution in [0.3, 0.4) is 0 Å². The van der Waals surface area contributed by atoms with Gasteiger partial charge >= 0.3 is 0 Å². The molecule has 0 bridgehead atoms. The van der Waals surface area contributed by atoms with Crippen LogP contribution >= 0.6 is 11.8 Å². The molecule has 0 atom stereocenters. The van der Waals surface area contributed by atoms with Gasteiger partial charge in [0.25, 0.3) is 0 Å². The fourth-order valence-electron chi connectivity index (χ4n) is 2.31. The normalized spacial score (nSPS) is 16.9. The minimum Gasteiger partial charge on any atom is -0.398 e. The Balaban J connectivity index is 2.13. The van der Waals surface area contributed by atoms with Gasteiger partial charge < -0.3 is 5.73 Å². The summed E-state index contributed by atoms with van der Waals surface area (Å²) in [5.74, 6) is 1.77. The van der Waals surface area contributed by atoms with Crippen molar-refractivity contribution in [3.8, 4) is 0 Å². The fourth-order valence-corrected chi connectivity index (χ4v) is 4.33. The number of benzene rings is 1. The molecule has 0 saturated heterocycles. The molecule has 106 valence electrons. The molecule has 6 heteroatoms. The summed E-state index contributed by atoms with van der Waals surface area (Å²) in [5, 5.41) is 0. The highest BCUT2D eigenvalue weighted by molar-refractivity contribution is 7.99. The summed E-state index contributed by atoms with van der Waals surface area (Å²) in [5.41, 5.74) is 6.57. The van der Waals surface area contributed by atoms with Crippen LogP contribution in [0.1, 0.15) is 25.7 Å². The standard InChI is InChI=1S/C13H20N2O2S2/c1-15-19(16,17)11-6-7-12(14)13(8-11)18-9-10-4-2-3-5-10/h6-8,10,15H,2-5,9,14H2,1H3. The Kier molecular flexibility index (Phi) is 4.76. The third-order valence-electron chi connectivity index (χ3n) is 3.51. The van der Waals surface area contributed by atoms with Gasteiger partial charge in [0.05, 0.1) is 4.90 Å². The molecule has 19 heavy (non-hydrogen) atoms. The quantitative estimate of drug-likeness (QED) is 0.647. The second-order valence-corrected chi connectivity index (χ2v) is 7.82. The summed E-state index contributed by atoms with van der Waals surface area (Å²) in [4.78, 5) is 1.14. The fraction of sp³-hybridized carbons (Fsp3) is 0.538. The van der Waals surface area contributed by atoms with Gasteiger partial charge in [0.15, 0.2) is 0 Å². The van der Waals surface area contributed by atoms with Crippen LogP contribution < -0.4 is 10.5 Å². The Hall–Kier alpha value is -0.720. The van der Waals surface area contributed by atoms with E-state index in [4.69, 9.17) is 5.73 Å². The smallest absolute Gasteiger partial charge is 0.240 e. The topological polar surface area (TPSA) is 72.2 Å². The van der Waals surface area contributed by atoms with Gasteiger partial charge in [-0.3, -0.25) is 0 Å². The van der Waals surface area contributed by atoms with Crippen molar-refractivity contribution in [3.63, 3.8) is 0 Å². The zero-order chi connectivity index (χ0) is 13.9. The number of thioether (sulfide) groups is 1. The summed E-state index contributed by atoms with van der Waals surface area (Å²) < 4.78 is 25.9. The number of hydrogen-bond donors (Lipinski definition) is 2. The number of hydrogen-bond acceptors (Lipinski definition) is 4. The molecule has 0 unspecified atom stereocenters. The Labute approximate surface area is 119 Å². The average molecular weight is 300 g/mol. The van der Waals surface area contributed by atoms with Gasteiger partial charge in [-0.25, -0.2) is 13.1 Å². The van der Waals surface area contributed by atoms with Crippen LogP contribution in [0.4, 0.5) is 5.69 Å². The minimum atomic E-state index is -3.39. The highest BCUT2D eigenvalue weighted by Crippen LogP contribution is 2.34. The molecule has 3 N–H and O–H groups in total. The van der Waals surface area contributed by atoms with Gasteiger partial charge in [-0.15, -0.1) is 11.8 Å². The molecule has 1 aromatic carbocycles. The maximum absolute atomic E-state index is 11.8. The molecule has 1 aliphatic rings. The predicted octanol–water partition coefficient (Wildman–Crippen LogP) is 2.46. The van der Waals surface area contributed by atoms with Crippen LogP contribution in [0.2, 0.25) is 0 Å². The second-order valence-electron chi connectivity index (χ2n) is 4.87. The van der Waals surface area contributed by atoms with E-state index >= 15 is 0 Å². The van der Waals surface area contributed by atoms with Crippen molar-refractivity contribution in [1.82, 2.24) is 4.72 Å². The molecule has 0 radical (unpaired) electrons. The summed E-state index contributed by atoms with van der Waals surface area (Å²) in [7, 11) is -1.98. The second kappa shape index (κ2) is 6.15. The van der Waals surface area contributed by atoms with Crippen LogP contribution in [-0.4, -0.2) is 21.2 Å². The Morgan fingerprint density at radius 3 is 2.68 bits per heavy atom. The Bertz CT molecular complexity index is 538. The molecular formula is C13H20N2O2S2. The monoisotopic (exact) mass is 300 g/mol. The summed E-state index contributed by atoms with van der Waals surface area (Å²) >= 11 is 1.67. The summed E-state index contributed by atoms with van der Waals surface area (Å²) in [6.07, 6.45) is 5.19. The number of rotatable bonds is 5. The van der Waals surface area contributed by atoms with E-state index in [9.17, 15) is 8.42 Å². The van der Waals surface area contributed by atoms with E-state index in [1.165, 1.54) is 32.7 Å². The van der Waals surface area contributed by atoms with Crippen molar-refractivity contribution >= 4 is 27.5 Å². The third-order valence-corrected chi connectivity index (χ3v) is 6.23. The van der Waals surface area contributed by atoms with Crippen molar-refractivity contribution in [2.75, 3.05) is 18.5 Å². The van der Waals surface area contributed by atoms with Gasteiger partial charge in [0.1, 0.15) is 0 Å². The average Bonchev–Trinajstić information content (AvgIpc) is 2.90. The number of nitrogens with two attached hydrogens (primary N) is 1. The van der Waals surface area contributed by atoms with Crippen molar-refractivity contribution in [3.05, 3.63) is 18.2 Å². The lowest BCUT2D eigenvalue weighted by molar-refractivity contribution is 0.588. The molecule has 0 heterocycles. The number of anilines is 1. The Morgan fingerprint density at radius 2 is 2.05 bits per heavy atom. The van der Waals surface area contributed by atoms with E-state index in [0.717, 1.165) is 16.6 Å². The minimum absolute atomic E-state index is 0.276.